The molecule has 1 aliphatic rings. The van der Waals surface area contributed by atoms with Crippen molar-refractivity contribution >= 4 is 12.1 Å². The Bertz CT molecular complexity index is 714. The van der Waals surface area contributed by atoms with E-state index < -0.39 is 0 Å². The van der Waals surface area contributed by atoms with Crippen LogP contribution in [-0.2, 0) is 11.3 Å². The summed E-state index contributed by atoms with van der Waals surface area (Å²) < 4.78 is 7.33. The van der Waals surface area contributed by atoms with Gasteiger partial charge in [0.1, 0.15) is 18.1 Å². The summed E-state index contributed by atoms with van der Waals surface area (Å²) in [6.45, 7) is 6.18. The van der Waals surface area contributed by atoms with Crippen LogP contribution in [0.25, 0.3) is 0 Å². The molecule has 0 bridgehead atoms. The number of aryl methyl sites for hydroxylation is 2. The van der Waals surface area contributed by atoms with Gasteiger partial charge < -0.3 is 4.42 Å². The minimum atomic E-state index is -0.218. The van der Waals surface area contributed by atoms with Gasteiger partial charge in [0.2, 0.25) is 0 Å². The average Bonchev–Trinajstić information content (AvgIpc) is 2.87. The van der Waals surface area contributed by atoms with Crippen molar-refractivity contribution in [3.63, 3.8) is 0 Å². The van der Waals surface area contributed by atoms with Gasteiger partial charge >= 0.3 is 0 Å². The largest absolute Gasteiger partial charge is 0.460 e. The van der Waals surface area contributed by atoms with E-state index in [4.69, 9.17) is 4.42 Å². The molecule has 2 aromatic heterocycles. The molecular weight excluding hydrogens is 280 g/mol. The quantitative estimate of drug-likeness (QED) is 0.680. The van der Waals surface area contributed by atoms with Crippen LogP contribution in [0.5, 0.6) is 0 Å². The van der Waals surface area contributed by atoms with Crippen molar-refractivity contribution in [2.75, 3.05) is 0 Å². The van der Waals surface area contributed by atoms with Gasteiger partial charge in [0.05, 0.1) is 11.9 Å². The van der Waals surface area contributed by atoms with Gasteiger partial charge in [0.25, 0.3) is 5.91 Å². The number of hydrogen-bond donors (Lipinski definition) is 1. The Labute approximate surface area is 129 Å². The standard InChI is InChI=1S/C16H20N4O2/c1-10-6-14(10)15-5-4-13(22-15)8-17-18-16(21)9-20-12(3)7-11(2)19-20/h4-5,7-8,10,14H,6,9H2,1-3H3,(H,18,21)/b17-8-/t10-,14-/m1/s1. The van der Waals surface area contributed by atoms with Crippen molar-refractivity contribution in [2.24, 2.45) is 11.0 Å². The third-order valence-corrected chi connectivity index (χ3v) is 3.90. The van der Waals surface area contributed by atoms with Gasteiger partial charge in [0.15, 0.2) is 0 Å². The molecule has 1 fully saturated rings. The van der Waals surface area contributed by atoms with E-state index >= 15 is 0 Å². The minimum Gasteiger partial charge on any atom is -0.460 e. The SMILES string of the molecule is Cc1cc(C)n(CC(=O)N/N=C\c2ccc([C@@H]3C[C@H]3C)o2)n1. The first-order valence-corrected chi connectivity index (χ1v) is 7.45. The number of carbonyl (C=O) groups excluding carboxylic acids is 1. The third-order valence-electron chi connectivity index (χ3n) is 3.90. The van der Waals surface area contributed by atoms with E-state index in [1.807, 2.05) is 32.0 Å². The van der Waals surface area contributed by atoms with Gasteiger partial charge in [-0.2, -0.15) is 10.2 Å². The van der Waals surface area contributed by atoms with E-state index in [9.17, 15) is 4.79 Å². The predicted molar refractivity (Wildman–Crippen MR) is 82.7 cm³/mol. The summed E-state index contributed by atoms with van der Waals surface area (Å²) in [5, 5.41) is 8.17. The highest BCUT2D eigenvalue weighted by Gasteiger charge is 2.36. The van der Waals surface area contributed by atoms with Crippen LogP contribution in [-0.4, -0.2) is 21.9 Å². The Kier molecular flexibility index (Phi) is 3.83. The molecule has 6 nitrogen and oxygen atoms in total. The number of rotatable bonds is 5. The molecule has 2 aromatic rings. The summed E-state index contributed by atoms with van der Waals surface area (Å²) in [6, 6.07) is 5.78. The molecule has 116 valence electrons. The normalized spacial score (nSPS) is 20.5. The molecule has 3 rings (SSSR count). The summed E-state index contributed by atoms with van der Waals surface area (Å²) in [6.07, 6.45) is 2.71. The van der Waals surface area contributed by atoms with Gasteiger partial charge in [-0.3, -0.25) is 9.48 Å². The van der Waals surface area contributed by atoms with Gasteiger partial charge in [-0.25, -0.2) is 5.43 Å². The first-order chi connectivity index (χ1) is 10.5. The van der Waals surface area contributed by atoms with E-state index in [1.54, 1.807) is 4.68 Å². The summed E-state index contributed by atoms with van der Waals surface area (Å²) in [4.78, 5) is 11.8. The monoisotopic (exact) mass is 300 g/mol. The van der Waals surface area contributed by atoms with Crippen LogP contribution in [0.1, 0.15) is 42.2 Å². The molecular formula is C16H20N4O2. The molecule has 6 heteroatoms. The van der Waals surface area contributed by atoms with E-state index in [2.05, 4.69) is 22.5 Å². The van der Waals surface area contributed by atoms with Crippen LogP contribution in [0.15, 0.2) is 27.7 Å². The van der Waals surface area contributed by atoms with E-state index in [-0.39, 0.29) is 12.5 Å². The van der Waals surface area contributed by atoms with Crippen molar-refractivity contribution in [3.8, 4) is 0 Å². The number of carbonyl (C=O) groups is 1. The van der Waals surface area contributed by atoms with Crippen LogP contribution >= 0.6 is 0 Å². The molecule has 0 aliphatic heterocycles. The molecule has 1 aliphatic carbocycles. The lowest BCUT2D eigenvalue weighted by Crippen LogP contribution is -2.24. The maximum atomic E-state index is 11.8. The Morgan fingerprint density at radius 3 is 2.95 bits per heavy atom. The highest BCUT2D eigenvalue weighted by Crippen LogP contribution is 2.47. The van der Waals surface area contributed by atoms with Crippen LogP contribution in [0, 0.1) is 19.8 Å². The van der Waals surface area contributed by atoms with Gasteiger partial charge in [-0.05, 0) is 44.4 Å². The number of hydrazone groups is 1. The molecule has 1 saturated carbocycles. The first-order valence-electron chi connectivity index (χ1n) is 7.45. The molecule has 2 heterocycles. The zero-order valence-corrected chi connectivity index (χ0v) is 13.0. The van der Waals surface area contributed by atoms with Crippen molar-refractivity contribution in [2.45, 2.75) is 39.7 Å². The maximum absolute atomic E-state index is 11.8. The second-order valence-electron chi connectivity index (χ2n) is 5.94. The predicted octanol–water partition coefficient (Wildman–Crippen LogP) is 2.37. The Morgan fingerprint density at radius 1 is 1.55 bits per heavy atom. The first kappa shape index (κ1) is 14.6. The molecule has 22 heavy (non-hydrogen) atoms. The Hall–Kier alpha value is -2.37. The minimum absolute atomic E-state index is 0.153. The molecule has 0 radical (unpaired) electrons. The lowest BCUT2D eigenvalue weighted by atomic mass is 10.3. The maximum Gasteiger partial charge on any atom is 0.261 e. The van der Waals surface area contributed by atoms with E-state index in [0.29, 0.717) is 17.6 Å². The van der Waals surface area contributed by atoms with Crippen molar-refractivity contribution in [1.82, 2.24) is 15.2 Å². The number of nitrogens with one attached hydrogen (secondary N) is 1. The molecule has 0 saturated heterocycles. The number of amides is 1. The van der Waals surface area contributed by atoms with Crippen LogP contribution in [0.4, 0.5) is 0 Å². The van der Waals surface area contributed by atoms with Crippen LogP contribution in [0.2, 0.25) is 0 Å². The van der Waals surface area contributed by atoms with E-state index in [1.165, 1.54) is 12.6 Å². The highest BCUT2D eigenvalue weighted by molar-refractivity contribution is 5.80. The van der Waals surface area contributed by atoms with Crippen molar-refractivity contribution in [1.29, 1.82) is 0 Å². The number of hydrogen-bond acceptors (Lipinski definition) is 4. The number of furan rings is 1. The lowest BCUT2D eigenvalue weighted by Gasteiger charge is -2.02. The van der Waals surface area contributed by atoms with Crippen molar-refractivity contribution in [3.05, 3.63) is 41.1 Å². The van der Waals surface area contributed by atoms with Crippen molar-refractivity contribution < 1.29 is 9.21 Å². The second-order valence-corrected chi connectivity index (χ2v) is 5.94. The third kappa shape index (κ3) is 3.27. The molecule has 1 N–H and O–H groups in total. The Balaban J connectivity index is 1.52. The zero-order chi connectivity index (χ0) is 15.7. The van der Waals surface area contributed by atoms with Crippen LogP contribution in [0.3, 0.4) is 0 Å². The van der Waals surface area contributed by atoms with Gasteiger partial charge in [-0.15, -0.1) is 0 Å². The summed E-state index contributed by atoms with van der Waals surface area (Å²) >= 11 is 0. The molecule has 0 unspecified atom stereocenters. The van der Waals surface area contributed by atoms with Gasteiger partial charge in [0, 0.05) is 11.6 Å². The molecule has 2 atom stereocenters. The molecule has 1 amide bonds. The zero-order valence-electron chi connectivity index (χ0n) is 13.0. The molecule has 0 spiro atoms. The smallest absolute Gasteiger partial charge is 0.261 e. The molecule has 0 aromatic carbocycles. The highest BCUT2D eigenvalue weighted by atomic mass is 16.3. The topological polar surface area (TPSA) is 72.4 Å². The average molecular weight is 300 g/mol. The fourth-order valence-corrected chi connectivity index (χ4v) is 2.53. The number of nitrogens with zero attached hydrogens (tertiary/aromatic N) is 3. The second kappa shape index (κ2) is 5.79. The summed E-state index contributed by atoms with van der Waals surface area (Å²) in [5.74, 6) is 2.69. The van der Waals surface area contributed by atoms with E-state index in [0.717, 1.165) is 17.1 Å². The summed E-state index contributed by atoms with van der Waals surface area (Å²) in [7, 11) is 0. The van der Waals surface area contributed by atoms with Gasteiger partial charge in [-0.1, -0.05) is 6.92 Å². The van der Waals surface area contributed by atoms with Crippen LogP contribution < -0.4 is 5.43 Å². The summed E-state index contributed by atoms with van der Waals surface area (Å²) in [5.41, 5.74) is 4.33. The fourth-order valence-electron chi connectivity index (χ4n) is 2.53. The fraction of sp³-hybridized carbons (Fsp3) is 0.438. The lowest BCUT2D eigenvalue weighted by molar-refractivity contribution is -0.121. The Morgan fingerprint density at radius 2 is 2.32 bits per heavy atom. The number of aromatic nitrogens is 2.